The van der Waals surface area contributed by atoms with Gasteiger partial charge in [-0.1, -0.05) is 30.3 Å². The van der Waals surface area contributed by atoms with Crippen LogP contribution >= 0.6 is 0 Å². The second kappa shape index (κ2) is 9.92. The maximum atomic E-state index is 6.23. The quantitative estimate of drug-likeness (QED) is 0.690. The molecule has 0 spiro atoms. The number of hydrogen-bond acceptors (Lipinski definition) is 4. The zero-order valence-corrected chi connectivity index (χ0v) is 12.0. The van der Waals surface area contributed by atoms with Gasteiger partial charge in [-0.05, 0) is 12.0 Å². The van der Waals surface area contributed by atoms with Gasteiger partial charge in [-0.3, -0.25) is 4.90 Å². The molecule has 0 saturated heterocycles. The number of nitrogens with zero attached hydrogens (tertiary/aromatic N) is 1. The molecular formula is C15H26N2O2. The molecule has 1 aromatic carbocycles. The van der Waals surface area contributed by atoms with E-state index in [1.807, 2.05) is 6.07 Å². The Balaban J connectivity index is 2.38. The molecule has 0 fully saturated rings. The number of benzene rings is 1. The van der Waals surface area contributed by atoms with Gasteiger partial charge in [0.25, 0.3) is 0 Å². The molecule has 1 aromatic rings. The highest BCUT2D eigenvalue weighted by molar-refractivity contribution is 5.15. The van der Waals surface area contributed by atoms with E-state index in [0.29, 0.717) is 0 Å². The van der Waals surface area contributed by atoms with Gasteiger partial charge in [-0.25, -0.2) is 0 Å². The smallest absolute Gasteiger partial charge is 0.0589 e. The number of hydrogen-bond donors (Lipinski definition) is 1. The molecule has 0 aromatic heterocycles. The Bertz CT molecular complexity index is 311. The Kier molecular flexibility index (Phi) is 8.41. The van der Waals surface area contributed by atoms with Gasteiger partial charge in [-0.15, -0.1) is 0 Å². The molecule has 0 radical (unpaired) electrons. The topological polar surface area (TPSA) is 47.7 Å². The first kappa shape index (κ1) is 16.1. The zero-order valence-electron chi connectivity index (χ0n) is 12.0. The summed E-state index contributed by atoms with van der Waals surface area (Å²) in [7, 11) is 3.44. The van der Waals surface area contributed by atoms with Crippen molar-refractivity contribution in [2.24, 2.45) is 5.73 Å². The molecule has 4 nitrogen and oxygen atoms in total. The van der Waals surface area contributed by atoms with Crippen molar-refractivity contribution in [3.8, 4) is 0 Å². The van der Waals surface area contributed by atoms with Crippen LogP contribution in [0.3, 0.4) is 0 Å². The van der Waals surface area contributed by atoms with E-state index in [0.717, 1.165) is 39.3 Å². The monoisotopic (exact) mass is 266 g/mol. The predicted octanol–water partition coefficient (Wildman–Crippen LogP) is 1.15. The van der Waals surface area contributed by atoms with Crippen molar-refractivity contribution < 1.29 is 9.47 Å². The highest BCUT2D eigenvalue weighted by Gasteiger charge is 2.11. The van der Waals surface area contributed by atoms with E-state index in [4.69, 9.17) is 15.2 Å². The Morgan fingerprint density at radius 2 is 1.63 bits per heavy atom. The minimum atomic E-state index is 0.135. The van der Waals surface area contributed by atoms with Crippen LogP contribution < -0.4 is 5.73 Å². The summed E-state index contributed by atoms with van der Waals surface area (Å²) in [5.74, 6) is 0. The molecule has 1 unspecified atom stereocenters. The lowest BCUT2D eigenvalue weighted by Crippen LogP contribution is -2.41. The number of nitrogens with two attached hydrogens (primary N) is 1. The van der Waals surface area contributed by atoms with E-state index in [1.165, 1.54) is 5.56 Å². The molecule has 4 heteroatoms. The molecule has 2 N–H and O–H groups in total. The van der Waals surface area contributed by atoms with Crippen LogP contribution in [0.4, 0.5) is 0 Å². The molecule has 0 heterocycles. The van der Waals surface area contributed by atoms with E-state index >= 15 is 0 Å². The molecule has 0 bridgehead atoms. The van der Waals surface area contributed by atoms with E-state index in [9.17, 15) is 0 Å². The average molecular weight is 266 g/mol. The second-order valence-corrected chi connectivity index (χ2v) is 4.74. The molecule has 0 saturated carbocycles. The summed E-state index contributed by atoms with van der Waals surface area (Å²) < 4.78 is 10.3. The van der Waals surface area contributed by atoms with Crippen LogP contribution in [0.2, 0.25) is 0 Å². The molecule has 19 heavy (non-hydrogen) atoms. The lowest BCUT2D eigenvalue weighted by molar-refractivity contribution is 0.110. The second-order valence-electron chi connectivity index (χ2n) is 4.74. The number of ether oxygens (including phenoxy) is 2. The molecule has 0 amide bonds. The van der Waals surface area contributed by atoms with E-state index in [1.54, 1.807) is 14.2 Å². The van der Waals surface area contributed by atoms with E-state index < -0.39 is 0 Å². The largest absolute Gasteiger partial charge is 0.383 e. The zero-order chi connectivity index (χ0) is 13.9. The average Bonchev–Trinajstić information content (AvgIpc) is 2.43. The first-order valence-electron chi connectivity index (χ1n) is 6.76. The van der Waals surface area contributed by atoms with Crippen molar-refractivity contribution in [2.45, 2.75) is 12.5 Å². The Labute approximate surface area is 116 Å². The molecular weight excluding hydrogens is 240 g/mol. The van der Waals surface area contributed by atoms with Gasteiger partial charge in [-0.2, -0.15) is 0 Å². The normalized spacial score (nSPS) is 12.8. The molecule has 0 aliphatic heterocycles. The lowest BCUT2D eigenvalue weighted by Gasteiger charge is -2.25. The maximum Gasteiger partial charge on any atom is 0.0589 e. The Morgan fingerprint density at radius 3 is 2.16 bits per heavy atom. The van der Waals surface area contributed by atoms with Crippen LogP contribution in [0.1, 0.15) is 5.56 Å². The van der Waals surface area contributed by atoms with Crippen LogP contribution in [-0.2, 0) is 15.9 Å². The fourth-order valence-corrected chi connectivity index (χ4v) is 2.05. The van der Waals surface area contributed by atoms with Crippen LogP contribution in [0.25, 0.3) is 0 Å². The summed E-state index contributed by atoms with van der Waals surface area (Å²) in [6, 6.07) is 10.5. The van der Waals surface area contributed by atoms with Crippen LogP contribution in [0.5, 0.6) is 0 Å². The third kappa shape index (κ3) is 7.28. The highest BCUT2D eigenvalue weighted by atomic mass is 16.5. The third-order valence-corrected chi connectivity index (χ3v) is 3.06. The van der Waals surface area contributed by atoms with Gasteiger partial charge in [0.1, 0.15) is 0 Å². The summed E-state index contributed by atoms with van der Waals surface area (Å²) in [5.41, 5.74) is 7.51. The Hall–Kier alpha value is -0.940. The van der Waals surface area contributed by atoms with Crippen molar-refractivity contribution in [1.29, 1.82) is 0 Å². The molecule has 1 rings (SSSR count). The first-order valence-corrected chi connectivity index (χ1v) is 6.76. The van der Waals surface area contributed by atoms with Crippen molar-refractivity contribution >= 4 is 0 Å². The van der Waals surface area contributed by atoms with Crippen LogP contribution in [0, 0.1) is 0 Å². The minimum absolute atomic E-state index is 0.135. The van der Waals surface area contributed by atoms with Gasteiger partial charge >= 0.3 is 0 Å². The van der Waals surface area contributed by atoms with Gasteiger partial charge in [0.2, 0.25) is 0 Å². The fourth-order valence-electron chi connectivity index (χ4n) is 2.05. The van der Waals surface area contributed by atoms with Crippen molar-refractivity contribution in [3.05, 3.63) is 35.9 Å². The summed E-state index contributed by atoms with van der Waals surface area (Å²) in [4.78, 5) is 2.29. The number of rotatable bonds is 10. The minimum Gasteiger partial charge on any atom is -0.383 e. The summed E-state index contributed by atoms with van der Waals surface area (Å²) in [6.07, 6.45) is 0.900. The lowest BCUT2D eigenvalue weighted by atomic mass is 10.1. The highest BCUT2D eigenvalue weighted by Crippen LogP contribution is 2.03. The fraction of sp³-hybridized carbons (Fsp3) is 0.600. The summed E-state index contributed by atoms with van der Waals surface area (Å²) in [6.45, 7) is 4.09. The van der Waals surface area contributed by atoms with E-state index in [-0.39, 0.29) is 6.04 Å². The van der Waals surface area contributed by atoms with Gasteiger partial charge < -0.3 is 15.2 Å². The standard InChI is InChI=1S/C15H26N2O2/c1-18-10-8-17(9-11-19-2)13-15(16)12-14-6-4-3-5-7-14/h3-7,15H,8-13,16H2,1-2H3. The molecule has 108 valence electrons. The Morgan fingerprint density at radius 1 is 1.05 bits per heavy atom. The molecule has 0 aliphatic rings. The van der Waals surface area contributed by atoms with Crippen molar-refractivity contribution in [2.75, 3.05) is 47.1 Å². The summed E-state index contributed by atoms with van der Waals surface area (Å²) >= 11 is 0. The first-order chi connectivity index (χ1) is 9.26. The van der Waals surface area contributed by atoms with Crippen molar-refractivity contribution in [1.82, 2.24) is 4.90 Å². The van der Waals surface area contributed by atoms with Crippen LogP contribution in [0.15, 0.2) is 30.3 Å². The molecule has 0 aliphatic carbocycles. The van der Waals surface area contributed by atoms with E-state index in [2.05, 4.69) is 29.2 Å². The predicted molar refractivity (Wildman–Crippen MR) is 78.3 cm³/mol. The van der Waals surface area contributed by atoms with Crippen molar-refractivity contribution in [3.63, 3.8) is 0 Å². The van der Waals surface area contributed by atoms with Gasteiger partial charge in [0.15, 0.2) is 0 Å². The SMILES string of the molecule is COCCN(CCOC)CC(N)Cc1ccccc1. The maximum absolute atomic E-state index is 6.23. The summed E-state index contributed by atoms with van der Waals surface area (Å²) in [5, 5.41) is 0. The van der Waals surface area contributed by atoms with Gasteiger partial charge in [0.05, 0.1) is 13.2 Å². The van der Waals surface area contributed by atoms with Gasteiger partial charge in [0, 0.05) is 39.9 Å². The third-order valence-electron chi connectivity index (χ3n) is 3.06. The van der Waals surface area contributed by atoms with Crippen LogP contribution in [-0.4, -0.2) is 58.0 Å². The number of methoxy groups -OCH3 is 2. The molecule has 1 atom stereocenters.